The van der Waals surface area contributed by atoms with Gasteiger partial charge in [-0.25, -0.2) is 0 Å². The molecule has 4 unspecified atom stereocenters. The van der Waals surface area contributed by atoms with Gasteiger partial charge in [-0.1, -0.05) is 33.6 Å². The zero-order chi connectivity index (χ0) is 11.4. The van der Waals surface area contributed by atoms with Crippen molar-refractivity contribution in [3.05, 3.63) is 0 Å². The van der Waals surface area contributed by atoms with Crippen LogP contribution in [0.3, 0.4) is 0 Å². The highest BCUT2D eigenvalue weighted by molar-refractivity contribution is 4.87. The first-order chi connectivity index (χ1) is 7.07. The van der Waals surface area contributed by atoms with Crippen molar-refractivity contribution in [2.24, 2.45) is 11.8 Å². The van der Waals surface area contributed by atoms with Crippen molar-refractivity contribution in [2.75, 3.05) is 6.54 Å². The lowest BCUT2D eigenvalue weighted by Gasteiger charge is -2.46. The van der Waals surface area contributed by atoms with Crippen LogP contribution in [0.5, 0.6) is 0 Å². The zero-order valence-corrected chi connectivity index (χ0v) is 11.3. The summed E-state index contributed by atoms with van der Waals surface area (Å²) in [7, 11) is 0. The maximum Gasteiger partial charge on any atom is 0.00956 e. The second-order valence-electron chi connectivity index (χ2n) is 5.62. The molecular weight excluding hydrogens is 182 g/mol. The number of rotatable bonds is 4. The Labute approximate surface area is 96.2 Å². The molecule has 1 fully saturated rings. The van der Waals surface area contributed by atoms with Crippen molar-refractivity contribution in [2.45, 2.75) is 72.4 Å². The third kappa shape index (κ3) is 3.21. The van der Waals surface area contributed by atoms with Gasteiger partial charge >= 0.3 is 0 Å². The summed E-state index contributed by atoms with van der Waals surface area (Å²) in [5.74, 6) is 1.75. The first kappa shape index (κ1) is 13.0. The summed E-state index contributed by atoms with van der Waals surface area (Å²) in [6, 6.07) is 1.57. The van der Waals surface area contributed by atoms with E-state index in [2.05, 4.69) is 39.5 Å². The van der Waals surface area contributed by atoms with Gasteiger partial charge in [0.05, 0.1) is 0 Å². The van der Waals surface area contributed by atoms with E-state index in [0.29, 0.717) is 0 Å². The number of nitrogens with zero attached hydrogens (tertiary/aromatic N) is 1. The van der Waals surface area contributed by atoms with Crippen LogP contribution in [0.2, 0.25) is 0 Å². The van der Waals surface area contributed by atoms with E-state index < -0.39 is 0 Å². The van der Waals surface area contributed by atoms with E-state index in [1.807, 2.05) is 0 Å². The quantitative estimate of drug-likeness (QED) is 0.637. The highest BCUT2D eigenvalue weighted by Crippen LogP contribution is 2.31. The average molecular weight is 211 g/mol. The SMILES string of the molecule is CCCCCN1C(C)C(C)CC(C)C1C. The minimum atomic E-state index is 0.785. The van der Waals surface area contributed by atoms with Crippen LogP contribution in [-0.2, 0) is 0 Å². The Morgan fingerprint density at radius 1 is 0.933 bits per heavy atom. The molecule has 0 aromatic rings. The van der Waals surface area contributed by atoms with Crippen LogP contribution < -0.4 is 0 Å². The molecule has 0 aromatic carbocycles. The van der Waals surface area contributed by atoms with Crippen molar-refractivity contribution in [1.82, 2.24) is 4.90 Å². The fourth-order valence-corrected chi connectivity index (χ4v) is 2.96. The van der Waals surface area contributed by atoms with Crippen LogP contribution in [0, 0.1) is 11.8 Å². The molecule has 0 N–H and O–H groups in total. The van der Waals surface area contributed by atoms with E-state index in [9.17, 15) is 0 Å². The van der Waals surface area contributed by atoms with Gasteiger partial charge in [-0.2, -0.15) is 0 Å². The Hall–Kier alpha value is -0.0400. The summed E-state index contributed by atoms with van der Waals surface area (Å²) in [4.78, 5) is 2.74. The maximum absolute atomic E-state index is 2.74. The van der Waals surface area contributed by atoms with Gasteiger partial charge in [0.1, 0.15) is 0 Å². The summed E-state index contributed by atoms with van der Waals surface area (Å²) in [6.45, 7) is 13.3. The van der Waals surface area contributed by atoms with E-state index in [-0.39, 0.29) is 0 Å². The molecule has 1 aliphatic rings. The average Bonchev–Trinajstić information content (AvgIpc) is 2.20. The van der Waals surface area contributed by atoms with Crippen LogP contribution in [0.15, 0.2) is 0 Å². The monoisotopic (exact) mass is 211 g/mol. The Kier molecular flexibility index (Phi) is 5.11. The molecule has 1 rings (SSSR count). The summed E-state index contributed by atoms with van der Waals surface area (Å²) < 4.78 is 0. The van der Waals surface area contributed by atoms with E-state index in [1.54, 1.807) is 0 Å². The first-order valence-corrected chi connectivity index (χ1v) is 6.83. The summed E-state index contributed by atoms with van der Waals surface area (Å²) in [6.07, 6.45) is 5.51. The third-order valence-corrected chi connectivity index (χ3v) is 4.46. The fraction of sp³-hybridized carbons (Fsp3) is 1.00. The number of piperidine rings is 1. The Morgan fingerprint density at radius 2 is 1.47 bits per heavy atom. The molecule has 0 saturated carbocycles. The minimum Gasteiger partial charge on any atom is -0.297 e. The van der Waals surface area contributed by atoms with Gasteiger partial charge in [-0.15, -0.1) is 0 Å². The van der Waals surface area contributed by atoms with Crippen molar-refractivity contribution in [3.8, 4) is 0 Å². The van der Waals surface area contributed by atoms with Crippen molar-refractivity contribution in [1.29, 1.82) is 0 Å². The first-order valence-electron chi connectivity index (χ1n) is 6.83. The lowest BCUT2D eigenvalue weighted by molar-refractivity contribution is 0.0266. The van der Waals surface area contributed by atoms with Crippen LogP contribution in [0.25, 0.3) is 0 Å². The van der Waals surface area contributed by atoms with Gasteiger partial charge in [-0.3, -0.25) is 4.90 Å². The molecule has 1 heterocycles. The highest BCUT2D eigenvalue weighted by atomic mass is 15.2. The van der Waals surface area contributed by atoms with Crippen molar-refractivity contribution < 1.29 is 0 Å². The molecule has 0 aromatic heterocycles. The molecule has 1 aliphatic heterocycles. The summed E-state index contributed by atoms with van der Waals surface area (Å²) >= 11 is 0. The van der Waals surface area contributed by atoms with Crippen molar-refractivity contribution in [3.63, 3.8) is 0 Å². The van der Waals surface area contributed by atoms with Gasteiger partial charge in [0.15, 0.2) is 0 Å². The standard InChI is InChI=1S/C14H29N/c1-6-7-8-9-15-13(4)11(2)10-12(3)14(15)5/h11-14H,6-10H2,1-5H3. The van der Waals surface area contributed by atoms with Crippen LogP contribution >= 0.6 is 0 Å². The Morgan fingerprint density at radius 3 is 1.93 bits per heavy atom. The maximum atomic E-state index is 2.74. The minimum absolute atomic E-state index is 0.785. The molecule has 0 aliphatic carbocycles. The zero-order valence-electron chi connectivity index (χ0n) is 11.3. The second-order valence-corrected chi connectivity index (χ2v) is 5.62. The molecule has 0 bridgehead atoms. The normalized spacial score (nSPS) is 38.2. The molecule has 15 heavy (non-hydrogen) atoms. The van der Waals surface area contributed by atoms with Gasteiger partial charge in [0.2, 0.25) is 0 Å². The lowest BCUT2D eigenvalue weighted by atomic mass is 9.81. The van der Waals surface area contributed by atoms with Crippen molar-refractivity contribution >= 4 is 0 Å². The Balaban J connectivity index is 2.49. The molecule has 1 heteroatoms. The van der Waals surface area contributed by atoms with Gasteiger partial charge in [0, 0.05) is 12.1 Å². The number of unbranched alkanes of at least 4 members (excludes halogenated alkanes) is 2. The van der Waals surface area contributed by atoms with Gasteiger partial charge in [0.25, 0.3) is 0 Å². The predicted molar refractivity (Wildman–Crippen MR) is 68.1 cm³/mol. The Bertz CT molecular complexity index is 164. The fourth-order valence-electron chi connectivity index (χ4n) is 2.96. The number of hydrogen-bond donors (Lipinski definition) is 0. The molecule has 0 spiro atoms. The second kappa shape index (κ2) is 5.89. The number of hydrogen-bond acceptors (Lipinski definition) is 1. The van der Waals surface area contributed by atoms with E-state index in [1.165, 1.54) is 32.2 Å². The van der Waals surface area contributed by atoms with Gasteiger partial charge < -0.3 is 0 Å². The highest BCUT2D eigenvalue weighted by Gasteiger charge is 2.33. The topological polar surface area (TPSA) is 3.24 Å². The van der Waals surface area contributed by atoms with E-state index >= 15 is 0 Å². The molecule has 0 amide bonds. The van der Waals surface area contributed by atoms with Crippen LogP contribution in [0.1, 0.15) is 60.3 Å². The summed E-state index contributed by atoms with van der Waals surface area (Å²) in [5.41, 5.74) is 0. The molecule has 0 radical (unpaired) electrons. The third-order valence-electron chi connectivity index (χ3n) is 4.46. The number of likely N-dealkylation sites (tertiary alicyclic amines) is 1. The predicted octanol–water partition coefficient (Wildman–Crippen LogP) is 3.93. The van der Waals surface area contributed by atoms with E-state index in [0.717, 1.165) is 23.9 Å². The van der Waals surface area contributed by atoms with Crippen LogP contribution in [-0.4, -0.2) is 23.5 Å². The van der Waals surface area contributed by atoms with E-state index in [4.69, 9.17) is 0 Å². The molecule has 4 atom stereocenters. The molecule has 1 saturated heterocycles. The molecule has 90 valence electrons. The largest absolute Gasteiger partial charge is 0.297 e. The molecular formula is C14H29N. The van der Waals surface area contributed by atoms with Gasteiger partial charge in [-0.05, 0) is 45.1 Å². The van der Waals surface area contributed by atoms with Crippen LogP contribution in [0.4, 0.5) is 0 Å². The lowest BCUT2D eigenvalue weighted by Crippen LogP contribution is -2.51. The molecule has 1 nitrogen and oxygen atoms in total. The smallest absolute Gasteiger partial charge is 0.00956 e. The summed E-state index contributed by atoms with van der Waals surface area (Å²) in [5, 5.41) is 0.